The van der Waals surface area contributed by atoms with E-state index in [0.29, 0.717) is 11.4 Å². The van der Waals surface area contributed by atoms with Gasteiger partial charge in [-0.05, 0) is 38.3 Å². The van der Waals surface area contributed by atoms with E-state index in [1.165, 1.54) is 5.56 Å². The van der Waals surface area contributed by atoms with Crippen LogP contribution in [0, 0.1) is 13.8 Å². The SMILES string of the molecule is Cc1n[nH]c(C)c1CCCn1ccnc1-c1ccccc1C(=O)O. The molecule has 0 radical (unpaired) electrons. The number of aromatic nitrogens is 4. The molecule has 2 aromatic heterocycles. The van der Waals surface area contributed by atoms with Crippen LogP contribution in [0.15, 0.2) is 36.7 Å². The molecule has 0 aliphatic rings. The summed E-state index contributed by atoms with van der Waals surface area (Å²) in [6.45, 7) is 4.80. The maximum Gasteiger partial charge on any atom is 0.336 e. The van der Waals surface area contributed by atoms with Crippen LogP contribution in [0.5, 0.6) is 0 Å². The minimum atomic E-state index is -0.940. The second kappa shape index (κ2) is 6.70. The molecule has 24 heavy (non-hydrogen) atoms. The van der Waals surface area contributed by atoms with E-state index >= 15 is 0 Å². The van der Waals surface area contributed by atoms with Gasteiger partial charge in [-0.1, -0.05) is 18.2 Å². The van der Waals surface area contributed by atoms with Gasteiger partial charge in [0, 0.05) is 30.2 Å². The third-order valence-corrected chi connectivity index (χ3v) is 4.22. The molecule has 2 N–H and O–H groups in total. The number of benzene rings is 1. The summed E-state index contributed by atoms with van der Waals surface area (Å²) < 4.78 is 2.01. The third kappa shape index (κ3) is 3.08. The number of carbonyl (C=O) groups is 1. The molecule has 0 unspecified atom stereocenters. The molecule has 6 heteroatoms. The average Bonchev–Trinajstić information content (AvgIpc) is 3.16. The smallest absolute Gasteiger partial charge is 0.336 e. The van der Waals surface area contributed by atoms with Gasteiger partial charge in [-0.15, -0.1) is 0 Å². The number of hydrogen-bond donors (Lipinski definition) is 2. The van der Waals surface area contributed by atoms with E-state index in [9.17, 15) is 9.90 Å². The number of aryl methyl sites for hydroxylation is 3. The van der Waals surface area contributed by atoms with Crippen LogP contribution in [0.4, 0.5) is 0 Å². The molecule has 6 nitrogen and oxygen atoms in total. The van der Waals surface area contributed by atoms with Crippen LogP contribution in [0.1, 0.15) is 33.7 Å². The number of carboxylic acids is 1. The Kier molecular flexibility index (Phi) is 4.46. The summed E-state index contributed by atoms with van der Waals surface area (Å²) in [6, 6.07) is 6.96. The third-order valence-electron chi connectivity index (χ3n) is 4.22. The highest BCUT2D eigenvalue weighted by Gasteiger charge is 2.15. The number of aromatic carboxylic acids is 1. The van der Waals surface area contributed by atoms with Gasteiger partial charge in [-0.2, -0.15) is 5.10 Å². The Bertz CT molecular complexity index is 844. The van der Waals surface area contributed by atoms with Crippen molar-refractivity contribution in [2.45, 2.75) is 33.2 Å². The fourth-order valence-electron chi connectivity index (χ4n) is 2.97. The first-order valence-corrected chi connectivity index (χ1v) is 7.92. The lowest BCUT2D eigenvalue weighted by molar-refractivity contribution is 0.0697. The zero-order valence-electron chi connectivity index (χ0n) is 13.8. The lowest BCUT2D eigenvalue weighted by atomic mass is 10.1. The van der Waals surface area contributed by atoms with E-state index in [-0.39, 0.29) is 5.56 Å². The van der Waals surface area contributed by atoms with Crippen LogP contribution in [0.3, 0.4) is 0 Å². The van der Waals surface area contributed by atoms with Crippen LogP contribution in [-0.4, -0.2) is 30.8 Å². The Balaban J connectivity index is 1.78. The van der Waals surface area contributed by atoms with Gasteiger partial charge in [0.25, 0.3) is 0 Å². The first-order valence-electron chi connectivity index (χ1n) is 7.92. The van der Waals surface area contributed by atoms with Crippen LogP contribution in [-0.2, 0) is 13.0 Å². The fourth-order valence-corrected chi connectivity index (χ4v) is 2.97. The molecule has 0 aliphatic carbocycles. The predicted molar refractivity (Wildman–Crippen MR) is 91.0 cm³/mol. The maximum atomic E-state index is 11.4. The molecular formula is C18H20N4O2. The number of imidazole rings is 1. The second-order valence-electron chi connectivity index (χ2n) is 5.81. The lowest BCUT2D eigenvalue weighted by Crippen LogP contribution is -2.05. The second-order valence-corrected chi connectivity index (χ2v) is 5.81. The van der Waals surface area contributed by atoms with Crippen molar-refractivity contribution < 1.29 is 9.90 Å². The minimum Gasteiger partial charge on any atom is -0.478 e. The van der Waals surface area contributed by atoms with Gasteiger partial charge in [-0.25, -0.2) is 9.78 Å². The molecule has 0 bridgehead atoms. The predicted octanol–water partition coefficient (Wildman–Crippen LogP) is 3.22. The lowest BCUT2D eigenvalue weighted by Gasteiger charge is -2.10. The Morgan fingerprint density at radius 1 is 1.29 bits per heavy atom. The van der Waals surface area contributed by atoms with Crippen LogP contribution < -0.4 is 0 Å². The molecule has 0 aliphatic heterocycles. The van der Waals surface area contributed by atoms with E-state index in [1.807, 2.05) is 30.7 Å². The van der Waals surface area contributed by atoms with E-state index in [4.69, 9.17) is 0 Å². The minimum absolute atomic E-state index is 0.270. The molecule has 2 heterocycles. The normalized spacial score (nSPS) is 10.9. The number of hydrogen-bond acceptors (Lipinski definition) is 3. The van der Waals surface area contributed by atoms with Crippen molar-refractivity contribution in [1.82, 2.24) is 19.7 Å². The summed E-state index contributed by atoms with van der Waals surface area (Å²) in [5.41, 5.74) is 4.31. The molecular weight excluding hydrogens is 304 g/mol. The molecule has 1 aromatic carbocycles. The van der Waals surface area contributed by atoms with Gasteiger partial charge in [0.15, 0.2) is 0 Å². The van der Waals surface area contributed by atoms with Gasteiger partial charge >= 0.3 is 5.97 Å². The first-order chi connectivity index (χ1) is 11.6. The molecule has 3 rings (SSSR count). The zero-order valence-corrected chi connectivity index (χ0v) is 13.8. The average molecular weight is 324 g/mol. The van der Waals surface area contributed by atoms with Crippen molar-refractivity contribution in [1.29, 1.82) is 0 Å². The van der Waals surface area contributed by atoms with Gasteiger partial charge < -0.3 is 9.67 Å². The fraction of sp³-hybridized carbons (Fsp3) is 0.278. The molecule has 0 spiro atoms. The van der Waals surface area contributed by atoms with Crippen molar-refractivity contribution in [3.63, 3.8) is 0 Å². The van der Waals surface area contributed by atoms with E-state index in [1.54, 1.807) is 24.4 Å². The summed E-state index contributed by atoms with van der Waals surface area (Å²) in [7, 11) is 0. The van der Waals surface area contributed by atoms with Crippen LogP contribution in [0.2, 0.25) is 0 Å². The molecule has 0 fully saturated rings. The number of nitrogens with zero attached hydrogens (tertiary/aromatic N) is 3. The van der Waals surface area contributed by atoms with Crippen molar-refractivity contribution in [3.05, 3.63) is 59.2 Å². The van der Waals surface area contributed by atoms with E-state index < -0.39 is 5.97 Å². The van der Waals surface area contributed by atoms with E-state index in [2.05, 4.69) is 15.2 Å². The maximum absolute atomic E-state index is 11.4. The van der Waals surface area contributed by atoms with Crippen molar-refractivity contribution in [2.24, 2.45) is 0 Å². The van der Waals surface area contributed by atoms with Gasteiger partial charge in [0.1, 0.15) is 5.82 Å². The monoisotopic (exact) mass is 324 g/mol. The topological polar surface area (TPSA) is 83.8 Å². The number of carboxylic acid groups (broad SMARTS) is 1. The van der Waals surface area contributed by atoms with Crippen molar-refractivity contribution in [3.8, 4) is 11.4 Å². The highest BCUT2D eigenvalue weighted by molar-refractivity contribution is 5.95. The van der Waals surface area contributed by atoms with Crippen LogP contribution >= 0.6 is 0 Å². The summed E-state index contributed by atoms with van der Waals surface area (Å²) in [4.78, 5) is 15.8. The zero-order chi connectivity index (χ0) is 17.1. The number of aromatic amines is 1. The summed E-state index contributed by atoms with van der Waals surface area (Å²) in [5, 5.41) is 16.6. The molecule has 0 saturated carbocycles. The van der Waals surface area contributed by atoms with E-state index in [0.717, 1.165) is 30.8 Å². The van der Waals surface area contributed by atoms with Gasteiger partial charge in [0.2, 0.25) is 0 Å². The highest BCUT2D eigenvalue weighted by Crippen LogP contribution is 2.23. The van der Waals surface area contributed by atoms with Crippen molar-refractivity contribution >= 4 is 5.97 Å². The van der Waals surface area contributed by atoms with Crippen molar-refractivity contribution in [2.75, 3.05) is 0 Å². The quantitative estimate of drug-likeness (QED) is 0.729. The Labute approximate surface area is 140 Å². The summed E-state index contributed by atoms with van der Waals surface area (Å²) in [6.07, 6.45) is 5.46. The first kappa shape index (κ1) is 16.0. The highest BCUT2D eigenvalue weighted by atomic mass is 16.4. The van der Waals surface area contributed by atoms with Gasteiger partial charge in [0.05, 0.1) is 11.3 Å². The van der Waals surface area contributed by atoms with Crippen LogP contribution in [0.25, 0.3) is 11.4 Å². The standard InChI is InChI=1S/C18H20N4O2/c1-12-14(13(2)21-20-12)8-5-10-22-11-9-19-17(22)15-6-3-4-7-16(15)18(23)24/h3-4,6-7,9,11H,5,8,10H2,1-2H3,(H,20,21)(H,23,24). The Morgan fingerprint density at radius 3 is 2.79 bits per heavy atom. The summed E-state index contributed by atoms with van der Waals surface area (Å²) >= 11 is 0. The number of H-pyrrole nitrogens is 1. The molecule has 0 atom stereocenters. The Morgan fingerprint density at radius 2 is 2.08 bits per heavy atom. The Hall–Kier alpha value is -2.89. The molecule has 0 saturated heterocycles. The largest absolute Gasteiger partial charge is 0.478 e. The number of nitrogens with one attached hydrogen (secondary N) is 1. The molecule has 3 aromatic rings. The molecule has 124 valence electrons. The summed E-state index contributed by atoms with van der Waals surface area (Å²) in [5.74, 6) is -0.251. The number of rotatable bonds is 6. The molecule has 0 amide bonds. The van der Waals surface area contributed by atoms with Gasteiger partial charge in [-0.3, -0.25) is 5.10 Å².